The molecule has 0 saturated carbocycles. The third kappa shape index (κ3) is 5.90. The zero-order valence-electron chi connectivity index (χ0n) is 15.5. The third-order valence-electron chi connectivity index (χ3n) is 4.36. The number of thiazole rings is 1. The van der Waals surface area contributed by atoms with Gasteiger partial charge in [-0.3, -0.25) is 4.99 Å². The van der Waals surface area contributed by atoms with E-state index in [1.807, 2.05) is 6.20 Å². The van der Waals surface area contributed by atoms with E-state index >= 15 is 0 Å². The highest BCUT2D eigenvalue weighted by atomic mass is 127. The van der Waals surface area contributed by atoms with Crippen molar-refractivity contribution in [1.82, 2.24) is 30.4 Å². The van der Waals surface area contributed by atoms with Crippen molar-refractivity contribution < 1.29 is 0 Å². The summed E-state index contributed by atoms with van der Waals surface area (Å²) in [5.41, 5.74) is 0. The fourth-order valence-electron chi connectivity index (χ4n) is 3.05. The minimum absolute atomic E-state index is 0. The fraction of sp³-hybridized carbons (Fsp3) is 0.647. The number of aliphatic imine (C=N–C) groups is 1. The monoisotopic (exact) mass is 489 g/mol. The number of nitrogens with zero attached hydrogens (tertiary/aromatic N) is 5. The molecular weight excluding hydrogens is 461 g/mol. The summed E-state index contributed by atoms with van der Waals surface area (Å²) >= 11 is 1.71. The van der Waals surface area contributed by atoms with Crippen molar-refractivity contribution in [2.75, 3.05) is 13.6 Å². The second-order valence-electron chi connectivity index (χ2n) is 6.32. The van der Waals surface area contributed by atoms with Crippen LogP contribution in [0.2, 0.25) is 0 Å². The van der Waals surface area contributed by atoms with Crippen molar-refractivity contribution in [3.8, 4) is 0 Å². The van der Waals surface area contributed by atoms with Crippen LogP contribution in [0.25, 0.3) is 0 Å². The molecule has 2 aromatic rings. The molecule has 1 aliphatic heterocycles. The first-order valence-electron chi connectivity index (χ1n) is 9.03. The second kappa shape index (κ2) is 10.8. The Bertz CT molecular complexity index is 710. The van der Waals surface area contributed by atoms with Gasteiger partial charge in [0, 0.05) is 44.1 Å². The number of hydrogen-bond donors (Lipinski definition) is 2. The molecule has 0 atom stereocenters. The standard InChI is InChI=1S/C17H27N7S.HI/c1-13-11-20-16(25-13)12-21-17(18-2)19-9-6-8-15-23-22-14-7-4-3-5-10-24(14)15;/h11H,3-10,12H2,1-2H3,(H2,18,19,21);1H. The van der Waals surface area contributed by atoms with E-state index in [1.165, 1.54) is 24.1 Å². The smallest absolute Gasteiger partial charge is 0.191 e. The largest absolute Gasteiger partial charge is 0.356 e. The third-order valence-corrected chi connectivity index (χ3v) is 5.27. The highest BCUT2D eigenvalue weighted by molar-refractivity contribution is 14.0. The molecule has 0 saturated heterocycles. The fourth-order valence-corrected chi connectivity index (χ4v) is 3.77. The number of aryl methyl sites for hydroxylation is 3. The maximum absolute atomic E-state index is 4.39. The van der Waals surface area contributed by atoms with E-state index in [1.54, 1.807) is 18.4 Å². The molecule has 0 spiro atoms. The highest BCUT2D eigenvalue weighted by Gasteiger charge is 2.14. The Kier molecular flexibility index (Phi) is 8.76. The van der Waals surface area contributed by atoms with E-state index in [9.17, 15) is 0 Å². The van der Waals surface area contributed by atoms with Gasteiger partial charge in [-0.25, -0.2) is 4.98 Å². The molecule has 3 heterocycles. The SMILES string of the molecule is CN=C(NCCCc1nnc2n1CCCCC2)NCc1ncc(C)s1.I. The maximum Gasteiger partial charge on any atom is 0.191 e. The molecule has 26 heavy (non-hydrogen) atoms. The summed E-state index contributed by atoms with van der Waals surface area (Å²) in [5.74, 6) is 3.10. The zero-order valence-corrected chi connectivity index (χ0v) is 18.6. The van der Waals surface area contributed by atoms with Gasteiger partial charge in [-0.15, -0.1) is 45.5 Å². The number of nitrogens with one attached hydrogen (secondary N) is 2. The highest BCUT2D eigenvalue weighted by Crippen LogP contribution is 2.15. The molecule has 2 N–H and O–H groups in total. The lowest BCUT2D eigenvalue weighted by atomic mass is 10.2. The number of guanidine groups is 1. The number of rotatable bonds is 6. The summed E-state index contributed by atoms with van der Waals surface area (Å²) in [5, 5.41) is 16.5. The van der Waals surface area contributed by atoms with Crippen LogP contribution in [-0.4, -0.2) is 39.3 Å². The van der Waals surface area contributed by atoms with Crippen molar-refractivity contribution in [3.63, 3.8) is 0 Å². The van der Waals surface area contributed by atoms with Gasteiger partial charge < -0.3 is 15.2 Å². The predicted molar refractivity (Wildman–Crippen MR) is 116 cm³/mol. The summed E-state index contributed by atoms with van der Waals surface area (Å²) in [4.78, 5) is 9.85. The molecular formula is C17H28IN7S. The van der Waals surface area contributed by atoms with E-state index in [4.69, 9.17) is 0 Å². The topological polar surface area (TPSA) is 80.0 Å². The van der Waals surface area contributed by atoms with Crippen molar-refractivity contribution in [2.24, 2.45) is 4.99 Å². The average Bonchev–Trinajstić information content (AvgIpc) is 3.12. The van der Waals surface area contributed by atoms with Gasteiger partial charge in [0.05, 0.1) is 6.54 Å². The molecule has 0 unspecified atom stereocenters. The van der Waals surface area contributed by atoms with Gasteiger partial charge in [0.15, 0.2) is 5.96 Å². The predicted octanol–water partition coefficient (Wildman–Crippen LogP) is 2.69. The van der Waals surface area contributed by atoms with Crippen LogP contribution in [0.5, 0.6) is 0 Å². The van der Waals surface area contributed by atoms with Gasteiger partial charge in [-0.2, -0.15) is 0 Å². The molecule has 2 aromatic heterocycles. The van der Waals surface area contributed by atoms with E-state index in [0.29, 0.717) is 6.54 Å². The molecule has 0 amide bonds. The molecule has 144 valence electrons. The molecule has 0 aromatic carbocycles. The Hall–Kier alpha value is -1.23. The van der Waals surface area contributed by atoms with Gasteiger partial charge in [0.2, 0.25) is 0 Å². The number of aromatic nitrogens is 4. The van der Waals surface area contributed by atoms with Crippen LogP contribution in [0, 0.1) is 6.92 Å². The number of fused-ring (bicyclic) bond motifs is 1. The van der Waals surface area contributed by atoms with Crippen molar-refractivity contribution in [1.29, 1.82) is 0 Å². The van der Waals surface area contributed by atoms with Gasteiger partial charge >= 0.3 is 0 Å². The summed E-state index contributed by atoms with van der Waals surface area (Å²) in [6.07, 6.45) is 8.70. The van der Waals surface area contributed by atoms with Gasteiger partial charge in [-0.1, -0.05) is 6.42 Å². The van der Waals surface area contributed by atoms with Crippen LogP contribution >= 0.6 is 35.3 Å². The van der Waals surface area contributed by atoms with Crippen LogP contribution < -0.4 is 10.6 Å². The molecule has 1 aliphatic rings. The van der Waals surface area contributed by atoms with Crippen LogP contribution in [0.4, 0.5) is 0 Å². The normalized spacial score (nSPS) is 14.3. The van der Waals surface area contributed by atoms with Gasteiger partial charge in [-0.05, 0) is 26.2 Å². The van der Waals surface area contributed by atoms with E-state index in [-0.39, 0.29) is 24.0 Å². The molecule has 3 rings (SSSR count). The van der Waals surface area contributed by atoms with Crippen molar-refractivity contribution in [3.05, 3.63) is 27.7 Å². The van der Waals surface area contributed by atoms with Crippen LogP contribution in [-0.2, 0) is 25.9 Å². The van der Waals surface area contributed by atoms with E-state index in [2.05, 4.69) is 42.3 Å². The first-order chi connectivity index (χ1) is 12.3. The first kappa shape index (κ1) is 21.1. The van der Waals surface area contributed by atoms with Crippen LogP contribution in [0.15, 0.2) is 11.2 Å². The average molecular weight is 489 g/mol. The minimum atomic E-state index is 0. The van der Waals surface area contributed by atoms with Gasteiger partial charge in [0.25, 0.3) is 0 Å². The van der Waals surface area contributed by atoms with E-state index < -0.39 is 0 Å². The summed E-state index contributed by atoms with van der Waals surface area (Å²) in [6, 6.07) is 0. The number of halogens is 1. The Morgan fingerprint density at radius 2 is 2.15 bits per heavy atom. The Morgan fingerprint density at radius 1 is 1.27 bits per heavy atom. The van der Waals surface area contributed by atoms with E-state index in [0.717, 1.165) is 55.0 Å². The zero-order chi connectivity index (χ0) is 17.5. The molecule has 9 heteroatoms. The summed E-state index contributed by atoms with van der Waals surface area (Å²) < 4.78 is 2.32. The maximum atomic E-state index is 4.39. The van der Waals surface area contributed by atoms with Crippen molar-refractivity contribution in [2.45, 2.75) is 58.5 Å². The summed E-state index contributed by atoms with van der Waals surface area (Å²) in [6.45, 7) is 4.70. The quantitative estimate of drug-likeness (QED) is 0.282. The Labute approximate surface area is 176 Å². The first-order valence-corrected chi connectivity index (χ1v) is 9.84. The lowest BCUT2D eigenvalue weighted by Crippen LogP contribution is -2.37. The van der Waals surface area contributed by atoms with Gasteiger partial charge in [0.1, 0.15) is 16.7 Å². The Morgan fingerprint density at radius 3 is 2.92 bits per heavy atom. The molecule has 0 aliphatic carbocycles. The lowest BCUT2D eigenvalue weighted by molar-refractivity contribution is 0.594. The molecule has 0 fully saturated rings. The Balaban J connectivity index is 0.00000243. The molecule has 0 bridgehead atoms. The molecule has 0 radical (unpaired) electrons. The number of hydrogen-bond acceptors (Lipinski definition) is 5. The second-order valence-corrected chi connectivity index (χ2v) is 7.63. The van der Waals surface area contributed by atoms with Crippen molar-refractivity contribution >= 4 is 41.3 Å². The molecule has 7 nitrogen and oxygen atoms in total. The summed E-state index contributed by atoms with van der Waals surface area (Å²) in [7, 11) is 1.79. The van der Waals surface area contributed by atoms with Crippen LogP contribution in [0.3, 0.4) is 0 Å². The lowest BCUT2D eigenvalue weighted by Gasteiger charge is -2.11. The van der Waals surface area contributed by atoms with Crippen LogP contribution in [0.1, 0.15) is 47.2 Å². The minimum Gasteiger partial charge on any atom is -0.356 e.